The van der Waals surface area contributed by atoms with Crippen LogP contribution in [0.4, 0.5) is 15.8 Å². The van der Waals surface area contributed by atoms with Crippen molar-refractivity contribution >= 4 is 28.9 Å². The third-order valence-electron chi connectivity index (χ3n) is 3.15. The van der Waals surface area contributed by atoms with E-state index in [2.05, 4.69) is 0 Å². The molecule has 0 unspecified atom stereocenters. The number of nitrogen functional groups attached to an aromatic ring is 1. The van der Waals surface area contributed by atoms with E-state index in [9.17, 15) is 9.18 Å². The molecule has 1 amide bonds. The summed E-state index contributed by atoms with van der Waals surface area (Å²) in [5, 5.41) is 0.551. The zero-order valence-corrected chi connectivity index (χ0v) is 12.2. The van der Waals surface area contributed by atoms with Gasteiger partial charge in [0.2, 0.25) is 5.91 Å². The molecule has 0 bridgehead atoms. The zero-order chi connectivity index (χ0) is 15.6. The van der Waals surface area contributed by atoms with Crippen LogP contribution in [0.1, 0.15) is 15.9 Å². The second-order valence-corrected chi connectivity index (χ2v) is 5.17. The lowest BCUT2D eigenvalue weighted by Crippen LogP contribution is -2.19. The molecule has 0 aliphatic carbocycles. The fourth-order valence-corrected chi connectivity index (χ4v) is 2.18. The van der Waals surface area contributed by atoms with Crippen molar-refractivity contribution in [3.8, 4) is 0 Å². The lowest BCUT2D eigenvalue weighted by molar-refractivity contribution is 0.1000. The number of nitrogens with zero attached hydrogens (tertiary/aromatic N) is 1. The molecule has 0 aliphatic rings. The summed E-state index contributed by atoms with van der Waals surface area (Å²) >= 11 is 5.94. The number of carbonyl (C=O) groups excluding carboxylic acids is 1. The molecule has 2 aromatic carbocycles. The summed E-state index contributed by atoms with van der Waals surface area (Å²) in [6.45, 7) is 0.287. The van der Waals surface area contributed by atoms with E-state index in [0.717, 1.165) is 6.07 Å². The second-order valence-electron chi connectivity index (χ2n) is 4.73. The fourth-order valence-electron chi connectivity index (χ4n) is 2.02. The number of hydrogen-bond acceptors (Lipinski definition) is 3. The van der Waals surface area contributed by atoms with E-state index in [1.807, 2.05) is 0 Å². The highest BCUT2D eigenvalue weighted by Gasteiger charge is 2.11. The standard InChI is InChI=1S/C15H15ClFN3O/c1-20(14-7-11(16)4-5-13(14)18)8-10-3-2-9(15(19)21)6-12(10)17/h2-7H,8,18H2,1H3,(H2,19,21). The van der Waals surface area contributed by atoms with Gasteiger partial charge in [0.25, 0.3) is 0 Å². The van der Waals surface area contributed by atoms with Gasteiger partial charge in [0.1, 0.15) is 5.82 Å². The van der Waals surface area contributed by atoms with Crippen LogP contribution < -0.4 is 16.4 Å². The maximum absolute atomic E-state index is 14.0. The van der Waals surface area contributed by atoms with E-state index >= 15 is 0 Å². The van der Waals surface area contributed by atoms with E-state index in [-0.39, 0.29) is 12.1 Å². The number of hydrogen-bond donors (Lipinski definition) is 2. The Labute approximate surface area is 127 Å². The molecular formula is C15H15ClFN3O. The largest absolute Gasteiger partial charge is 0.397 e. The minimum absolute atomic E-state index is 0.140. The summed E-state index contributed by atoms with van der Waals surface area (Å²) in [7, 11) is 1.78. The predicted molar refractivity (Wildman–Crippen MR) is 82.9 cm³/mol. The average Bonchev–Trinajstić information content (AvgIpc) is 2.43. The summed E-state index contributed by atoms with van der Waals surface area (Å²) in [4.78, 5) is 12.8. The first-order chi connectivity index (χ1) is 9.88. The molecule has 0 saturated heterocycles. The van der Waals surface area contributed by atoms with Gasteiger partial charge in [-0.2, -0.15) is 0 Å². The monoisotopic (exact) mass is 307 g/mol. The minimum atomic E-state index is -0.659. The molecule has 0 aromatic heterocycles. The van der Waals surface area contributed by atoms with E-state index in [1.54, 1.807) is 30.1 Å². The van der Waals surface area contributed by atoms with Crippen molar-refractivity contribution in [3.63, 3.8) is 0 Å². The van der Waals surface area contributed by atoms with Crippen LogP contribution in [0.2, 0.25) is 5.02 Å². The van der Waals surface area contributed by atoms with Gasteiger partial charge in [0, 0.05) is 29.7 Å². The Morgan fingerprint density at radius 3 is 2.62 bits per heavy atom. The number of carbonyl (C=O) groups is 1. The molecule has 0 atom stereocenters. The fraction of sp³-hybridized carbons (Fsp3) is 0.133. The van der Waals surface area contributed by atoms with E-state index < -0.39 is 11.7 Å². The summed E-state index contributed by atoms with van der Waals surface area (Å²) in [6.07, 6.45) is 0. The van der Waals surface area contributed by atoms with Crippen LogP contribution in [0.3, 0.4) is 0 Å². The molecule has 0 fully saturated rings. The number of benzene rings is 2. The molecule has 21 heavy (non-hydrogen) atoms. The number of rotatable bonds is 4. The van der Waals surface area contributed by atoms with E-state index in [0.29, 0.717) is 22.0 Å². The molecule has 0 spiro atoms. The molecule has 0 aliphatic heterocycles. The molecule has 4 N–H and O–H groups in total. The highest BCUT2D eigenvalue weighted by atomic mass is 35.5. The molecular weight excluding hydrogens is 293 g/mol. The Bertz CT molecular complexity index is 691. The van der Waals surface area contributed by atoms with Crippen LogP contribution >= 0.6 is 11.6 Å². The molecule has 2 rings (SSSR count). The van der Waals surface area contributed by atoms with Gasteiger partial charge in [-0.05, 0) is 30.3 Å². The van der Waals surface area contributed by atoms with E-state index in [4.69, 9.17) is 23.1 Å². The molecule has 110 valence electrons. The number of halogens is 2. The lowest BCUT2D eigenvalue weighted by atomic mass is 10.1. The van der Waals surface area contributed by atoms with Gasteiger partial charge in [-0.1, -0.05) is 17.7 Å². The van der Waals surface area contributed by atoms with Crippen LogP contribution in [0.15, 0.2) is 36.4 Å². The zero-order valence-electron chi connectivity index (χ0n) is 11.4. The van der Waals surface area contributed by atoms with Crippen molar-refractivity contribution < 1.29 is 9.18 Å². The van der Waals surface area contributed by atoms with Crippen molar-refractivity contribution in [1.29, 1.82) is 0 Å². The molecule has 2 aromatic rings. The first-order valence-corrected chi connectivity index (χ1v) is 6.60. The van der Waals surface area contributed by atoms with Gasteiger partial charge in [-0.25, -0.2) is 4.39 Å². The van der Waals surface area contributed by atoms with Crippen LogP contribution in [0.25, 0.3) is 0 Å². The maximum atomic E-state index is 14.0. The predicted octanol–water partition coefficient (Wildman–Crippen LogP) is 2.80. The minimum Gasteiger partial charge on any atom is -0.397 e. The first kappa shape index (κ1) is 15.1. The highest BCUT2D eigenvalue weighted by Crippen LogP contribution is 2.27. The van der Waals surface area contributed by atoms with Crippen LogP contribution in [-0.2, 0) is 6.54 Å². The summed E-state index contributed by atoms with van der Waals surface area (Å²) < 4.78 is 14.0. The molecule has 0 saturated carbocycles. The van der Waals surface area contributed by atoms with Crippen LogP contribution in [-0.4, -0.2) is 13.0 Å². The Hall–Kier alpha value is -2.27. The first-order valence-electron chi connectivity index (χ1n) is 6.23. The summed E-state index contributed by atoms with van der Waals surface area (Å²) in [6, 6.07) is 9.26. The van der Waals surface area contributed by atoms with Gasteiger partial charge >= 0.3 is 0 Å². The van der Waals surface area contributed by atoms with Gasteiger partial charge < -0.3 is 16.4 Å². The number of amides is 1. The SMILES string of the molecule is CN(Cc1ccc(C(N)=O)cc1F)c1cc(Cl)ccc1N. The van der Waals surface area contributed by atoms with Gasteiger partial charge in [-0.15, -0.1) is 0 Å². The molecule has 0 radical (unpaired) electrons. The molecule has 4 nitrogen and oxygen atoms in total. The normalized spacial score (nSPS) is 10.4. The Morgan fingerprint density at radius 2 is 2.00 bits per heavy atom. The smallest absolute Gasteiger partial charge is 0.248 e. The highest BCUT2D eigenvalue weighted by molar-refractivity contribution is 6.31. The van der Waals surface area contributed by atoms with Crippen molar-refractivity contribution in [2.24, 2.45) is 5.73 Å². The van der Waals surface area contributed by atoms with Gasteiger partial charge in [-0.3, -0.25) is 4.79 Å². The summed E-state index contributed by atoms with van der Waals surface area (Å²) in [5.41, 5.74) is 12.8. The maximum Gasteiger partial charge on any atom is 0.248 e. The van der Waals surface area contributed by atoms with Crippen molar-refractivity contribution in [2.45, 2.75) is 6.54 Å². The van der Waals surface area contributed by atoms with Crippen molar-refractivity contribution in [1.82, 2.24) is 0 Å². The quantitative estimate of drug-likeness (QED) is 0.853. The van der Waals surface area contributed by atoms with Crippen molar-refractivity contribution in [2.75, 3.05) is 17.7 Å². The Kier molecular flexibility index (Phi) is 4.33. The summed E-state index contributed by atoms with van der Waals surface area (Å²) in [5.74, 6) is -1.15. The number of nitrogens with two attached hydrogens (primary N) is 2. The Morgan fingerprint density at radius 1 is 1.29 bits per heavy atom. The second kappa shape index (κ2) is 6.01. The average molecular weight is 308 g/mol. The Balaban J connectivity index is 2.25. The van der Waals surface area contributed by atoms with Gasteiger partial charge in [0.05, 0.1) is 11.4 Å². The topological polar surface area (TPSA) is 72.3 Å². The van der Waals surface area contributed by atoms with Gasteiger partial charge in [0.15, 0.2) is 0 Å². The van der Waals surface area contributed by atoms with Crippen molar-refractivity contribution in [3.05, 3.63) is 58.4 Å². The molecule has 0 heterocycles. The van der Waals surface area contributed by atoms with E-state index in [1.165, 1.54) is 12.1 Å². The number of anilines is 2. The van der Waals surface area contributed by atoms with Crippen LogP contribution in [0.5, 0.6) is 0 Å². The third kappa shape index (κ3) is 3.44. The third-order valence-corrected chi connectivity index (χ3v) is 3.38. The number of primary amides is 1. The van der Waals surface area contributed by atoms with Crippen LogP contribution in [0, 0.1) is 5.82 Å². The molecule has 6 heteroatoms. The lowest BCUT2D eigenvalue weighted by Gasteiger charge is -2.21.